The van der Waals surface area contributed by atoms with E-state index in [0.717, 1.165) is 37.2 Å². The molecule has 1 aromatic carbocycles. The molecule has 0 radical (unpaired) electrons. The van der Waals surface area contributed by atoms with Crippen LogP contribution < -0.4 is 5.32 Å². The van der Waals surface area contributed by atoms with Crippen molar-refractivity contribution in [2.45, 2.75) is 70.4 Å². The third kappa shape index (κ3) is 3.70. The van der Waals surface area contributed by atoms with E-state index in [9.17, 15) is 9.59 Å². The van der Waals surface area contributed by atoms with E-state index in [1.165, 1.54) is 6.92 Å². The maximum absolute atomic E-state index is 12.8. The van der Waals surface area contributed by atoms with Crippen LogP contribution in [0.3, 0.4) is 0 Å². The minimum Gasteiger partial charge on any atom is -0.403 e. The summed E-state index contributed by atoms with van der Waals surface area (Å²) in [5, 5.41) is 2.82. The molecular weight excluding hydrogens is 367 g/mol. The molecule has 1 aliphatic carbocycles. The number of rotatable bonds is 4. The molecule has 3 fully saturated rings. The van der Waals surface area contributed by atoms with Gasteiger partial charge in [0.25, 0.3) is 0 Å². The summed E-state index contributed by atoms with van der Waals surface area (Å²) in [6, 6.07) is 7.48. The van der Waals surface area contributed by atoms with Gasteiger partial charge in [0.15, 0.2) is 0 Å². The van der Waals surface area contributed by atoms with Crippen LogP contribution in [0.25, 0.3) is 0 Å². The number of fused-ring (bicyclic) bond motifs is 1. The topological polar surface area (TPSA) is 67.9 Å². The highest BCUT2D eigenvalue weighted by molar-refractivity contribution is 6.51. The van der Waals surface area contributed by atoms with Gasteiger partial charge in [0.05, 0.1) is 17.6 Å². The molecule has 0 spiro atoms. The van der Waals surface area contributed by atoms with Crippen molar-refractivity contribution in [1.29, 1.82) is 0 Å². The highest BCUT2D eigenvalue weighted by atomic mass is 16.7. The van der Waals surface area contributed by atoms with Gasteiger partial charge < -0.3 is 19.5 Å². The molecule has 1 aromatic rings. The number of hydrogen-bond acceptors (Lipinski definition) is 4. The van der Waals surface area contributed by atoms with Gasteiger partial charge in [-0.25, -0.2) is 0 Å². The Kier molecular flexibility index (Phi) is 4.82. The van der Waals surface area contributed by atoms with Gasteiger partial charge in [0.2, 0.25) is 11.8 Å². The van der Waals surface area contributed by atoms with Crippen LogP contribution in [0.2, 0.25) is 5.31 Å². The van der Waals surface area contributed by atoms with Crippen molar-refractivity contribution in [3.05, 3.63) is 29.8 Å². The van der Waals surface area contributed by atoms with Gasteiger partial charge in [0, 0.05) is 31.0 Å². The van der Waals surface area contributed by atoms with Gasteiger partial charge in [-0.1, -0.05) is 12.1 Å². The van der Waals surface area contributed by atoms with Crippen molar-refractivity contribution in [2.24, 2.45) is 5.92 Å². The fraction of sp³-hybridized carbons (Fsp3) is 0.636. The molecule has 4 rings (SSSR count). The van der Waals surface area contributed by atoms with E-state index in [4.69, 9.17) is 9.31 Å². The molecule has 2 amide bonds. The zero-order valence-corrected chi connectivity index (χ0v) is 18.1. The predicted molar refractivity (Wildman–Crippen MR) is 113 cm³/mol. The summed E-state index contributed by atoms with van der Waals surface area (Å²) in [6.07, 6.45) is 2.39. The molecule has 2 atom stereocenters. The number of amides is 2. The van der Waals surface area contributed by atoms with Crippen LogP contribution in [0.5, 0.6) is 0 Å². The summed E-state index contributed by atoms with van der Waals surface area (Å²) in [6.45, 7) is 11.4. The van der Waals surface area contributed by atoms with E-state index in [-0.39, 0.29) is 35.4 Å². The first kappa shape index (κ1) is 20.4. The Bertz CT molecular complexity index is 807. The third-order valence-electron chi connectivity index (χ3n) is 7.27. The summed E-state index contributed by atoms with van der Waals surface area (Å²) in [5.74, 6) is 0.515. The number of anilines is 1. The first-order chi connectivity index (χ1) is 13.5. The predicted octanol–water partition coefficient (Wildman–Crippen LogP) is 3.27. The Hall–Kier alpha value is -1.86. The average molecular weight is 398 g/mol. The van der Waals surface area contributed by atoms with Crippen LogP contribution in [0.15, 0.2) is 24.3 Å². The standard InChI is InChI=1S/C22H31BN2O4/c1-15(26)24-18-8-6-16(7-9-18)12-19(27)25-11-10-22(13-17(22)14-25)23-28-20(2,3)21(4,5)29-23/h6-9,17H,10-14H2,1-5H3,(H,24,26). The van der Waals surface area contributed by atoms with Gasteiger partial charge in [0.1, 0.15) is 0 Å². The zero-order valence-electron chi connectivity index (χ0n) is 18.1. The van der Waals surface area contributed by atoms with Gasteiger partial charge >= 0.3 is 7.12 Å². The lowest BCUT2D eigenvalue weighted by molar-refractivity contribution is -0.131. The quantitative estimate of drug-likeness (QED) is 0.791. The van der Waals surface area contributed by atoms with Gasteiger partial charge in [-0.15, -0.1) is 0 Å². The molecule has 2 saturated heterocycles. The molecular formula is C22H31BN2O4. The highest BCUT2D eigenvalue weighted by Crippen LogP contribution is 2.69. The summed E-state index contributed by atoms with van der Waals surface area (Å²) < 4.78 is 12.6. The normalized spacial score (nSPS) is 29.3. The number of likely N-dealkylation sites (tertiary alicyclic amines) is 1. The van der Waals surface area contributed by atoms with Crippen molar-refractivity contribution in [3.8, 4) is 0 Å². The number of nitrogens with zero attached hydrogens (tertiary/aromatic N) is 1. The van der Waals surface area contributed by atoms with E-state index in [1.54, 1.807) is 0 Å². The number of piperidine rings is 1. The van der Waals surface area contributed by atoms with E-state index >= 15 is 0 Å². The van der Waals surface area contributed by atoms with E-state index in [2.05, 4.69) is 33.0 Å². The summed E-state index contributed by atoms with van der Waals surface area (Å²) in [4.78, 5) is 25.9. The van der Waals surface area contributed by atoms with Crippen molar-refractivity contribution in [1.82, 2.24) is 4.90 Å². The maximum atomic E-state index is 12.8. The minimum absolute atomic E-state index is 0.0713. The number of hydrogen-bond donors (Lipinski definition) is 1. The molecule has 156 valence electrons. The maximum Gasteiger partial charge on any atom is 0.464 e. The highest BCUT2D eigenvalue weighted by Gasteiger charge is 2.70. The molecule has 1 saturated carbocycles. The lowest BCUT2D eigenvalue weighted by Crippen LogP contribution is -2.42. The monoisotopic (exact) mass is 398 g/mol. The molecule has 2 aliphatic heterocycles. The molecule has 3 aliphatic rings. The van der Waals surface area contributed by atoms with E-state index in [0.29, 0.717) is 12.3 Å². The van der Waals surface area contributed by atoms with E-state index in [1.807, 2.05) is 29.2 Å². The minimum atomic E-state index is -0.310. The number of benzene rings is 1. The molecule has 1 N–H and O–H groups in total. The van der Waals surface area contributed by atoms with Crippen LogP contribution >= 0.6 is 0 Å². The average Bonchev–Trinajstić information content (AvgIpc) is 3.31. The number of carbonyl (C=O) groups is 2. The molecule has 7 heteroatoms. The van der Waals surface area contributed by atoms with Crippen molar-refractivity contribution in [2.75, 3.05) is 18.4 Å². The lowest BCUT2D eigenvalue weighted by Gasteiger charge is -2.32. The fourth-order valence-electron chi connectivity index (χ4n) is 4.56. The van der Waals surface area contributed by atoms with Gasteiger partial charge in [-0.05, 0) is 64.2 Å². The Morgan fingerprint density at radius 3 is 2.31 bits per heavy atom. The first-order valence-corrected chi connectivity index (χ1v) is 10.5. The second kappa shape index (κ2) is 6.84. The lowest BCUT2D eigenvalue weighted by atomic mass is 9.63. The number of nitrogens with one attached hydrogen (secondary N) is 1. The summed E-state index contributed by atoms with van der Waals surface area (Å²) >= 11 is 0. The molecule has 2 unspecified atom stereocenters. The largest absolute Gasteiger partial charge is 0.464 e. The van der Waals surface area contributed by atoms with Crippen LogP contribution in [-0.2, 0) is 25.3 Å². The fourth-order valence-corrected chi connectivity index (χ4v) is 4.56. The first-order valence-electron chi connectivity index (χ1n) is 10.5. The van der Waals surface area contributed by atoms with Crippen LogP contribution in [0, 0.1) is 5.92 Å². The van der Waals surface area contributed by atoms with E-state index < -0.39 is 0 Å². The number of carbonyl (C=O) groups excluding carboxylic acids is 2. The summed E-state index contributed by atoms with van der Waals surface area (Å²) in [7, 11) is -0.170. The molecule has 2 heterocycles. The second-order valence-electron chi connectivity index (χ2n) is 9.87. The molecule has 0 aromatic heterocycles. The van der Waals surface area contributed by atoms with Gasteiger partial charge in [-0.3, -0.25) is 9.59 Å². The van der Waals surface area contributed by atoms with Crippen molar-refractivity contribution in [3.63, 3.8) is 0 Å². The zero-order chi connectivity index (χ0) is 21.0. The third-order valence-corrected chi connectivity index (χ3v) is 7.27. The van der Waals surface area contributed by atoms with Crippen molar-refractivity contribution >= 4 is 24.6 Å². The molecule has 29 heavy (non-hydrogen) atoms. The van der Waals surface area contributed by atoms with Crippen LogP contribution in [0.1, 0.15) is 53.0 Å². The molecule has 6 nitrogen and oxygen atoms in total. The smallest absolute Gasteiger partial charge is 0.403 e. The van der Waals surface area contributed by atoms with Gasteiger partial charge in [-0.2, -0.15) is 0 Å². The Morgan fingerprint density at radius 1 is 1.14 bits per heavy atom. The summed E-state index contributed by atoms with van der Waals surface area (Å²) in [5.41, 5.74) is 1.09. The van der Waals surface area contributed by atoms with Crippen LogP contribution in [-0.4, -0.2) is 48.1 Å². The Labute approximate surface area is 173 Å². The SMILES string of the molecule is CC(=O)Nc1ccc(CC(=O)N2CCC3(B4OC(C)(C)C(C)(C)O4)CC3C2)cc1. The molecule has 0 bridgehead atoms. The second-order valence-corrected chi connectivity index (χ2v) is 9.87. The Morgan fingerprint density at radius 2 is 1.76 bits per heavy atom. The Balaban J connectivity index is 1.33. The van der Waals surface area contributed by atoms with Crippen molar-refractivity contribution < 1.29 is 18.9 Å². The van der Waals surface area contributed by atoms with Crippen LogP contribution in [0.4, 0.5) is 5.69 Å².